The third-order valence-corrected chi connectivity index (χ3v) is 6.95. The average Bonchev–Trinajstić information content (AvgIpc) is 3.16. The monoisotopic (exact) mass is 370 g/mol. The van der Waals surface area contributed by atoms with Crippen molar-refractivity contribution in [1.29, 1.82) is 0 Å². The third-order valence-electron chi connectivity index (χ3n) is 3.85. The van der Waals surface area contributed by atoms with Gasteiger partial charge >= 0.3 is 11.6 Å². The first kappa shape index (κ1) is 16.3. The lowest BCUT2D eigenvalue weighted by Crippen LogP contribution is -2.08. The predicted molar refractivity (Wildman–Crippen MR) is 102 cm³/mol. The molecule has 0 bridgehead atoms. The number of hydrogen-bond donors (Lipinski definition) is 0. The van der Waals surface area contributed by atoms with Gasteiger partial charge in [-0.1, -0.05) is 12.1 Å². The number of rotatable bonds is 3. The van der Waals surface area contributed by atoms with E-state index in [-0.39, 0.29) is 0 Å². The molecule has 1 aliphatic rings. The predicted octanol–water partition coefficient (Wildman–Crippen LogP) is 4.49. The Morgan fingerprint density at radius 2 is 1.72 bits per heavy atom. The van der Waals surface area contributed by atoms with Crippen molar-refractivity contribution in [2.75, 3.05) is 11.5 Å². The van der Waals surface area contributed by atoms with E-state index in [0.717, 1.165) is 16.9 Å². The summed E-state index contributed by atoms with van der Waals surface area (Å²) in [4.78, 5) is 23.6. The highest BCUT2D eigenvalue weighted by Gasteiger charge is 2.18. The maximum atomic E-state index is 12.3. The van der Waals surface area contributed by atoms with Gasteiger partial charge in [0.15, 0.2) is 0 Å². The number of fused-ring (bicyclic) bond motifs is 1. The lowest BCUT2D eigenvalue weighted by molar-refractivity contribution is 0.0735. The molecule has 0 unspecified atom stereocenters. The molecule has 1 saturated heterocycles. The van der Waals surface area contributed by atoms with Crippen LogP contribution in [-0.2, 0) is 0 Å². The van der Waals surface area contributed by atoms with Crippen LogP contribution in [-0.4, -0.2) is 17.5 Å². The number of hydrogen-bond acceptors (Lipinski definition) is 6. The largest absolute Gasteiger partial charge is 0.423 e. The van der Waals surface area contributed by atoms with Gasteiger partial charge in [-0.05, 0) is 35.9 Å². The highest BCUT2D eigenvalue weighted by atomic mass is 32.2. The van der Waals surface area contributed by atoms with Gasteiger partial charge in [-0.15, -0.1) is 23.5 Å². The molecule has 1 fully saturated rings. The van der Waals surface area contributed by atoms with Gasteiger partial charge in [0.1, 0.15) is 11.3 Å². The van der Waals surface area contributed by atoms with Crippen molar-refractivity contribution in [3.63, 3.8) is 0 Å². The summed E-state index contributed by atoms with van der Waals surface area (Å²) in [6.07, 6.45) is 0. The number of benzene rings is 2. The van der Waals surface area contributed by atoms with E-state index in [2.05, 4.69) is 0 Å². The molecule has 0 saturated carbocycles. The summed E-state index contributed by atoms with van der Waals surface area (Å²) in [6, 6.07) is 15.5. The van der Waals surface area contributed by atoms with Gasteiger partial charge in [0.2, 0.25) is 0 Å². The van der Waals surface area contributed by atoms with E-state index in [1.165, 1.54) is 11.6 Å². The van der Waals surface area contributed by atoms with Crippen LogP contribution in [0.2, 0.25) is 0 Å². The fraction of sp³-hybridized carbons (Fsp3) is 0.158. The molecule has 4 rings (SSSR count). The van der Waals surface area contributed by atoms with Gasteiger partial charge in [0.05, 0.1) is 10.1 Å². The highest BCUT2D eigenvalue weighted by Crippen LogP contribution is 2.45. The van der Waals surface area contributed by atoms with Crippen molar-refractivity contribution in [3.05, 3.63) is 76.1 Å². The summed E-state index contributed by atoms with van der Waals surface area (Å²) in [5.41, 5.74) is 1.67. The minimum atomic E-state index is -0.436. The number of ether oxygens (including phenoxy) is 1. The van der Waals surface area contributed by atoms with Crippen LogP contribution in [0.3, 0.4) is 0 Å². The molecule has 2 aromatic carbocycles. The fourth-order valence-corrected chi connectivity index (χ4v) is 5.46. The Morgan fingerprint density at radius 1 is 1.00 bits per heavy atom. The van der Waals surface area contributed by atoms with Crippen molar-refractivity contribution < 1.29 is 13.9 Å². The lowest BCUT2D eigenvalue weighted by atomic mass is 10.1. The van der Waals surface area contributed by atoms with E-state index in [1.807, 2.05) is 35.7 Å². The van der Waals surface area contributed by atoms with Gasteiger partial charge in [-0.3, -0.25) is 0 Å². The van der Waals surface area contributed by atoms with Gasteiger partial charge in [0.25, 0.3) is 0 Å². The van der Waals surface area contributed by atoms with Crippen molar-refractivity contribution in [2.24, 2.45) is 0 Å². The second kappa shape index (κ2) is 6.98. The second-order valence-electron chi connectivity index (χ2n) is 5.54. The van der Waals surface area contributed by atoms with Crippen LogP contribution in [0.15, 0.2) is 63.8 Å². The molecule has 2 heterocycles. The Labute approximate surface area is 152 Å². The smallest absolute Gasteiger partial charge is 0.343 e. The van der Waals surface area contributed by atoms with Crippen LogP contribution < -0.4 is 10.4 Å². The topological polar surface area (TPSA) is 56.5 Å². The van der Waals surface area contributed by atoms with E-state index in [0.29, 0.717) is 21.5 Å². The maximum absolute atomic E-state index is 12.3. The zero-order valence-electron chi connectivity index (χ0n) is 13.1. The summed E-state index contributed by atoms with van der Waals surface area (Å²) in [6.45, 7) is 0. The summed E-state index contributed by atoms with van der Waals surface area (Å²) in [5, 5.41) is 0.773. The molecule has 0 spiro atoms. The Kier molecular flexibility index (Phi) is 4.55. The Balaban J connectivity index is 1.52. The minimum absolute atomic E-state index is 0.345. The standard InChI is InChI=1S/C19H14O4S2/c20-17-8-6-12-5-7-15(11-16(12)23-17)22-18(21)13-1-3-14(4-2-13)19-24-9-10-25-19/h1-8,11,19H,9-10H2. The molecule has 0 aliphatic carbocycles. The van der Waals surface area contributed by atoms with Crippen molar-refractivity contribution >= 4 is 40.5 Å². The Morgan fingerprint density at radius 3 is 2.48 bits per heavy atom. The molecule has 1 aliphatic heterocycles. The molecule has 25 heavy (non-hydrogen) atoms. The molecule has 0 amide bonds. The van der Waals surface area contributed by atoms with Crippen LogP contribution in [0.1, 0.15) is 20.5 Å². The molecule has 0 N–H and O–H groups in total. The zero-order valence-corrected chi connectivity index (χ0v) is 14.8. The average molecular weight is 370 g/mol. The molecule has 1 aromatic heterocycles. The minimum Gasteiger partial charge on any atom is -0.423 e. The summed E-state index contributed by atoms with van der Waals surface area (Å²) < 4.78 is 11.0. The first-order valence-corrected chi connectivity index (χ1v) is 9.88. The number of carbonyl (C=O) groups excluding carboxylic acids is 1. The van der Waals surface area contributed by atoms with Crippen LogP contribution >= 0.6 is 23.5 Å². The van der Waals surface area contributed by atoms with Crippen LogP contribution in [0.5, 0.6) is 5.75 Å². The van der Waals surface area contributed by atoms with E-state index >= 15 is 0 Å². The van der Waals surface area contributed by atoms with E-state index < -0.39 is 11.6 Å². The van der Waals surface area contributed by atoms with Gasteiger partial charge in [-0.2, -0.15) is 0 Å². The van der Waals surface area contributed by atoms with E-state index in [1.54, 1.807) is 36.4 Å². The van der Waals surface area contributed by atoms with Gasteiger partial charge < -0.3 is 9.15 Å². The Hall–Kier alpha value is -2.18. The zero-order chi connectivity index (χ0) is 17.2. The quantitative estimate of drug-likeness (QED) is 0.385. The van der Waals surface area contributed by atoms with Crippen LogP contribution in [0.4, 0.5) is 0 Å². The number of thioether (sulfide) groups is 2. The molecule has 6 heteroatoms. The fourth-order valence-electron chi connectivity index (χ4n) is 2.60. The van der Waals surface area contributed by atoms with Gasteiger partial charge in [0, 0.05) is 29.0 Å². The summed E-state index contributed by atoms with van der Waals surface area (Å²) in [7, 11) is 0. The second-order valence-corrected chi connectivity index (χ2v) is 8.26. The van der Waals surface area contributed by atoms with Gasteiger partial charge in [-0.25, -0.2) is 9.59 Å². The van der Waals surface area contributed by atoms with Crippen LogP contribution in [0.25, 0.3) is 11.0 Å². The molecule has 4 nitrogen and oxygen atoms in total. The Bertz CT molecular complexity index is 973. The highest BCUT2D eigenvalue weighted by molar-refractivity contribution is 8.19. The normalized spacial score (nSPS) is 14.7. The van der Waals surface area contributed by atoms with Crippen LogP contribution in [0, 0.1) is 0 Å². The number of esters is 1. The molecule has 126 valence electrons. The molecule has 3 aromatic rings. The van der Waals surface area contributed by atoms with Crippen molar-refractivity contribution in [1.82, 2.24) is 0 Å². The van der Waals surface area contributed by atoms with Crippen molar-refractivity contribution in [2.45, 2.75) is 4.58 Å². The van der Waals surface area contributed by atoms with E-state index in [4.69, 9.17) is 9.15 Å². The molecular formula is C19H14O4S2. The molecule has 0 radical (unpaired) electrons. The van der Waals surface area contributed by atoms with Crippen molar-refractivity contribution in [3.8, 4) is 5.75 Å². The first-order valence-electron chi connectivity index (χ1n) is 7.78. The first-order chi connectivity index (χ1) is 12.2. The van der Waals surface area contributed by atoms with E-state index in [9.17, 15) is 9.59 Å². The summed E-state index contributed by atoms with van der Waals surface area (Å²) in [5.74, 6) is 2.24. The third kappa shape index (κ3) is 3.60. The lowest BCUT2D eigenvalue weighted by Gasteiger charge is -2.09. The molecule has 0 atom stereocenters. The maximum Gasteiger partial charge on any atom is 0.343 e. The SMILES string of the molecule is O=C(Oc1ccc2ccc(=O)oc2c1)c1ccc(C2SCCS2)cc1. The molecular weight excluding hydrogens is 356 g/mol. The summed E-state index contributed by atoms with van der Waals surface area (Å²) >= 11 is 3.85. The number of carbonyl (C=O) groups is 1.